The molecule has 4 heterocycles. The van der Waals surface area contributed by atoms with Crippen LogP contribution in [0, 0.1) is 12.3 Å². The molecule has 2 aliphatic heterocycles. The van der Waals surface area contributed by atoms with Crippen molar-refractivity contribution in [2.45, 2.75) is 44.6 Å². The van der Waals surface area contributed by atoms with Gasteiger partial charge in [-0.3, -0.25) is 0 Å². The molecule has 6 nitrogen and oxygen atoms in total. The number of piperidine rings is 1. The first-order chi connectivity index (χ1) is 16.1. The van der Waals surface area contributed by atoms with Gasteiger partial charge in [0.05, 0.1) is 19.9 Å². The number of hydrogen-bond donors (Lipinski definition) is 1. The molecule has 3 aliphatic rings. The van der Waals surface area contributed by atoms with Crippen LogP contribution in [0.25, 0.3) is 16.9 Å². The second-order valence-corrected chi connectivity index (χ2v) is 10.4. The van der Waals surface area contributed by atoms with Crippen molar-refractivity contribution in [3.63, 3.8) is 0 Å². The number of rotatable bonds is 5. The van der Waals surface area contributed by atoms with Crippen LogP contribution in [-0.4, -0.2) is 60.7 Å². The molecule has 6 rings (SSSR count). The van der Waals surface area contributed by atoms with E-state index in [9.17, 15) is 0 Å². The quantitative estimate of drug-likeness (QED) is 0.635. The van der Waals surface area contributed by atoms with Crippen LogP contribution in [-0.2, 0) is 0 Å². The Morgan fingerprint density at radius 3 is 2.42 bits per heavy atom. The fourth-order valence-electron chi connectivity index (χ4n) is 6.22. The van der Waals surface area contributed by atoms with Gasteiger partial charge in [0.2, 0.25) is 0 Å². The van der Waals surface area contributed by atoms with E-state index in [1.807, 2.05) is 18.2 Å². The van der Waals surface area contributed by atoms with Crippen molar-refractivity contribution >= 4 is 5.65 Å². The van der Waals surface area contributed by atoms with Crippen LogP contribution in [0.15, 0.2) is 36.7 Å². The van der Waals surface area contributed by atoms with Crippen molar-refractivity contribution in [1.82, 2.24) is 19.6 Å². The zero-order chi connectivity index (χ0) is 22.6. The van der Waals surface area contributed by atoms with Gasteiger partial charge >= 0.3 is 0 Å². The van der Waals surface area contributed by atoms with Crippen molar-refractivity contribution in [2.75, 3.05) is 40.4 Å². The molecule has 0 atom stereocenters. The minimum absolute atomic E-state index is 0.635. The molecule has 2 saturated heterocycles. The first kappa shape index (κ1) is 21.0. The summed E-state index contributed by atoms with van der Waals surface area (Å²) >= 11 is 0. The normalized spacial score (nSPS) is 21.2. The zero-order valence-electron chi connectivity index (χ0n) is 19.9. The van der Waals surface area contributed by atoms with Crippen molar-refractivity contribution in [2.24, 2.45) is 5.41 Å². The maximum Gasteiger partial charge on any atom is 0.161 e. The molecular weight excluding hydrogens is 412 g/mol. The maximum absolute atomic E-state index is 5.49. The topological polar surface area (TPSA) is 51.0 Å². The Kier molecular flexibility index (Phi) is 5.11. The number of fused-ring (bicyclic) bond motifs is 1. The number of likely N-dealkylation sites (tertiary alicyclic amines) is 1. The van der Waals surface area contributed by atoms with Crippen LogP contribution < -0.4 is 14.8 Å². The van der Waals surface area contributed by atoms with Crippen LogP contribution in [0.5, 0.6) is 11.5 Å². The molecule has 1 aromatic carbocycles. The van der Waals surface area contributed by atoms with Gasteiger partial charge in [-0.15, -0.1) is 0 Å². The Bertz CT molecular complexity index is 1170. The molecule has 0 unspecified atom stereocenters. The molecule has 0 bridgehead atoms. The number of ether oxygens (including phenoxy) is 2. The van der Waals surface area contributed by atoms with E-state index in [0.29, 0.717) is 11.3 Å². The average molecular weight is 447 g/mol. The molecule has 0 amide bonds. The fraction of sp³-hybridized carbons (Fsp3) is 0.519. The highest BCUT2D eigenvalue weighted by Gasteiger charge is 2.50. The van der Waals surface area contributed by atoms with E-state index in [1.165, 1.54) is 63.0 Å². The molecular formula is C27H34N4O2. The van der Waals surface area contributed by atoms with E-state index in [0.717, 1.165) is 34.4 Å². The van der Waals surface area contributed by atoms with Gasteiger partial charge in [0, 0.05) is 37.1 Å². The molecule has 1 aliphatic carbocycles. The minimum Gasteiger partial charge on any atom is -0.493 e. The lowest BCUT2D eigenvalue weighted by molar-refractivity contribution is -0.0432. The molecule has 33 heavy (non-hydrogen) atoms. The molecule has 1 N–H and O–H groups in total. The molecule has 6 heteroatoms. The largest absolute Gasteiger partial charge is 0.493 e. The van der Waals surface area contributed by atoms with Gasteiger partial charge in [0.25, 0.3) is 0 Å². The average Bonchev–Trinajstić information content (AvgIpc) is 3.22. The molecule has 3 aromatic rings. The smallest absolute Gasteiger partial charge is 0.161 e. The van der Waals surface area contributed by atoms with Crippen molar-refractivity contribution in [3.05, 3.63) is 47.8 Å². The number of aromatic nitrogens is 2. The van der Waals surface area contributed by atoms with E-state index < -0.39 is 0 Å². The number of nitrogens with zero attached hydrogens (tertiary/aromatic N) is 3. The van der Waals surface area contributed by atoms with Crippen molar-refractivity contribution < 1.29 is 9.47 Å². The Morgan fingerprint density at radius 1 is 1.00 bits per heavy atom. The maximum atomic E-state index is 5.49. The molecule has 174 valence electrons. The third-order valence-corrected chi connectivity index (χ3v) is 8.29. The fourth-order valence-corrected chi connectivity index (χ4v) is 6.22. The van der Waals surface area contributed by atoms with Gasteiger partial charge in [0.1, 0.15) is 5.65 Å². The van der Waals surface area contributed by atoms with E-state index in [-0.39, 0.29) is 0 Å². The Labute approximate surface area is 195 Å². The molecule has 0 radical (unpaired) electrons. The lowest BCUT2D eigenvalue weighted by Gasteiger charge is -2.58. The van der Waals surface area contributed by atoms with Crippen LogP contribution in [0.4, 0.5) is 0 Å². The molecule has 2 aromatic heterocycles. The number of imidazole rings is 1. The molecule has 1 saturated carbocycles. The summed E-state index contributed by atoms with van der Waals surface area (Å²) < 4.78 is 13.1. The number of nitrogens with one attached hydrogen (secondary N) is 1. The summed E-state index contributed by atoms with van der Waals surface area (Å²) in [6.45, 7) is 7.14. The van der Waals surface area contributed by atoms with Crippen LogP contribution in [0.3, 0.4) is 0 Å². The van der Waals surface area contributed by atoms with Gasteiger partial charge < -0.3 is 24.1 Å². The highest BCUT2D eigenvalue weighted by Crippen LogP contribution is 2.47. The first-order valence-corrected chi connectivity index (χ1v) is 12.2. The van der Waals surface area contributed by atoms with Gasteiger partial charge in [0.15, 0.2) is 11.5 Å². The summed E-state index contributed by atoms with van der Waals surface area (Å²) in [5, 5.41) is 3.46. The summed E-state index contributed by atoms with van der Waals surface area (Å²) in [7, 11) is 3.33. The van der Waals surface area contributed by atoms with E-state index >= 15 is 0 Å². The lowest BCUT2D eigenvalue weighted by Crippen LogP contribution is -2.65. The predicted molar refractivity (Wildman–Crippen MR) is 130 cm³/mol. The Hall–Kier alpha value is -2.57. The van der Waals surface area contributed by atoms with E-state index in [2.05, 4.69) is 40.0 Å². The number of pyridine rings is 1. The SMILES string of the molecule is COc1ccc(-c2cn3cc(C4CCN(C5CC6(CNC6)C5)CC4)cc(C)c3n2)cc1OC. The number of aryl methyl sites for hydroxylation is 1. The Morgan fingerprint density at radius 2 is 1.76 bits per heavy atom. The zero-order valence-corrected chi connectivity index (χ0v) is 19.9. The summed E-state index contributed by atoms with van der Waals surface area (Å²) in [5.74, 6) is 2.09. The van der Waals surface area contributed by atoms with Crippen molar-refractivity contribution in [3.8, 4) is 22.8 Å². The summed E-state index contributed by atoms with van der Waals surface area (Å²) in [6.07, 6.45) is 9.77. The predicted octanol–water partition coefficient (Wildman–Crippen LogP) is 4.26. The second-order valence-electron chi connectivity index (χ2n) is 10.4. The third-order valence-electron chi connectivity index (χ3n) is 8.29. The van der Waals surface area contributed by atoms with Crippen LogP contribution >= 0.6 is 0 Å². The number of methoxy groups -OCH3 is 2. The van der Waals surface area contributed by atoms with Crippen LogP contribution in [0.1, 0.15) is 42.7 Å². The van der Waals surface area contributed by atoms with E-state index in [4.69, 9.17) is 14.5 Å². The summed E-state index contributed by atoms with van der Waals surface area (Å²) in [6, 6.07) is 9.17. The highest BCUT2D eigenvalue weighted by molar-refractivity contribution is 5.67. The lowest BCUT2D eigenvalue weighted by atomic mass is 9.61. The van der Waals surface area contributed by atoms with Crippen LogP contribution in [0.2, 0.25) is 0 Å². The monoisotopic (exact) mass is 446 g/mol. The minimum atomic E-state index is 0.635. The molecule has 3 fully saturated rings. The van der Waals surface area contributed by atoms with E-state index in [1.54, 1.807) is 14.2 Å². The standard InChI is InChI=1S/C27H34N4O2/c1-18-10-21(19-6-8-30(9-7-19)22-12-27(13-22)16-28-17-27)14-31-15-23(29-26(18)31)20-4-5-24(32-2)25(11-20)33-3/h4-5,10-11,14-15,19,22,28H,6-9,12-13,16-17H2,1-3H3. The third kappa shape index (κ3) is 3.60. The number of benzene rings is 1. The highest BCUT2D eigenvalue weighted by atomic mass is 16.5. The second kappa shape index (κ2) is 8.03. The van der Waals surface area contributed by atoms with Gasteiger partial charge in [-0.2, -0.15) is 0 Å². The van der Waals surface area contributed by atoms with Gasteiger partial charge in [-0.25, -0.2) is 4.98 Å². The first-order valence-electron chi connectivity index (χ1n) is 12.2. The van der Waals surface area contributed by atoms with Gasteiger partial charge in [-0.05, 0) is 86.4 Å². The summed E-state index contributed by atoms with van der Waals surface area (Å²) in [4.78, 5) is 7.70. The van der Waals surface area contributed by atoms with Crippen molar-refractivity contribution in [1.29, 1.82) is 0 Å². The number of hydrogen-bond acceptors (Lipinski definition) is 5. The summed E-state index contributed by atoms with van der Waals surface area (Å²) in [5.41, 5.74) is 6.36. The Balaban J connectivity index is 1.19. The van der Waals surface area contributed by atoms with Gasteiger partial charge in [-0.1, -0.05) is 6.07 Å². The molecule has 1 spiro atoms.